The van der Waals surface area contributed by atoms with Crippen LogP contribution in [0, 0.1) is 13.8 Å². The third-order valence-corrected chi connectivity index (χ3v) is 8.57. The lowest BCUT2D eigenvalue weighted by Crippen LogP contribution is -2.43. The predicted molar refractivity (Wildman–Crippen MR) is 204 cm³/mol. The highest BCUT2D eigenvalue weighted by Crippen LogP contribution is 2.30. The Morgan fingerprint density at radius 1 is 1.10 bits per heavy atom. The van der Waals surface area contributed by atoms with Gasteiger partial charge in [0.15, 0.2) is 5.82 Å². The quantitative estimate of drug-likeness (QED) is 0.125. The van der Waals surface area contributed by atoms with Crippen molar-refractivity contribution in [2.24, 2.45) is 5.10 Å². The maximum atomic E-state index is 13.2. The van der Waals surface area contributed by atoms with Crippen LogP contribution in [-0.4, -0.2) is 55.4 Å². The number of fused-ring (bicyclic) bond motifs is 1. The molecule has 268 valence electrons. The summed E-state index contributed by atoms with van der Waals surface area (Å²) in [6.07, 6.45) is 17.6. The van der Waals surface area contributed by atoms with Gasteiger partial charge in [-0.3, -0.25) is 0 Å². The molecular weight excluding hydrogens is 626 g/mol. The Morgan fingerprint density at radius 3 is 2.58 bits per heavy atom. The number of anilines is 2. The smallest absolute Gasteiger partial charge is 0.410 e. The summed E-state index contributed by atoms with van der Waals surface area (Å²) in [5.41, 5.74) is 5.89. The number of aryl methyl sites for hydroxylation is 3. The highest BCUT2D eigenvalue weighted by molar-refractivity contribution is 5.87. The van der Waals surface area contributed by atoms with Crippen LogP contribution in [-0.2, 0) is 11.2 Å². The van der Waals surface area contributed by atoms with Gasteiger partial charge in [-0.1, -0.05) is 32.8 Å². The molecule has 1 N–H and O–H groups in total. The number of amides is 1. The number of aromatic nitrogens is 3. The number of benzene rings is 1. The fraction of sp³-hybridized carbons (Fsp3) is 0.475. The second-order valence-corrected chi connectivity index (χ2v) is 13.7. The number of carbonyl (C=O) groups excluding carboxylic acids is 1. The van der Waals surface area contributed by atoms with Gasteiger partial charge in [-0.05, 0) is 122 Å². The Hall–Kier alpha value is -4.73. The number of hydrogen-bond acceptors (Lipinski definition) is 9. The maximum absolute atomic E-state index is 13.2. The summed E-state index contributed by atoms with van der Waals surface area (Å²) in [5.74, 6) is 2.15. The summed E-state index contributed by atoms with van der Waals surface area (Å²) in [6, 6.07) is 8.21. The SMILES string of the molecule is C/C=N\N1C=CC(Oc2ccc(Nc3ncnc4cc(CCCC(CC)N(CCCCC)C(=O)OC(C)(C)C)c(C)nc34)cc2C)=C/C1=C\C. The molecule has 0 spiro atoms. The van der Waals surface area contributed by atoms with Crippen molar-refractivity contribution in [2.75, 3.05) is 11.9 Å². The van der Waals surface area contributed by atoms with Gasteiger partial charge in [-0.25, -0.2) is 24.8 Å². The molecule has 1 amide bonds. The minimum absolute atomic E-state index is 0.126. The van der Waals surface area contributed by atoms with E-state index in [1.165, 1.54) is 0 Å². The third kappa shape index (κ3) is 10.4. The van der Waals surface area contributed by atoms with Crippen molar-refractivity contribution in [2.45, 2.75) is 119 Å². The molecule has 10 heteroatoms. The summed E-state index contributed by atoms with van der Waals surface area (Å²) in [6.45, 7) is 18.7. The van der Waals surface area contributed by atoms with E-state index in [1.54, 1.807) is 17.6 Å². The van der Waals surface area contributed by atoms with Crippen LogP contribution in [0.15, 0.2) is 71.6 Å². The van der Waals surface area contributed by atoms with Gasteiger partial charge in [0, 0.05) is 42.5 Å². The number of allylic oxidation sites excluding steroid dienone is 3. The Bertz CT molecular complexity index is 1740. The van der Waals surface area contributed by atoms with E-state index in [2.05, 4.69) is 40.3 Å². The molecule has 50 heavy (non-hydrogen) atoms. The molecule has 0 radical (unpaired) electrons. The number of nitrogens with zero attached hydrogens (tertiary/aromatic N) is 6. The summed E-state index contributed by atoms with van der Waals surface area (Å²) in [4.78, 5) is 29.2. The number of pyridine rings is 1. The first-order valence-electron chi connectivity index (χ1n) is 18.0. The molecule has 4 rings (SSSR count). The lowest BCUT2D eigenvalue weighted by molar-refractivity contribution is 0.0141. The highest BCUT2D eigenvalue weighted by Gasteiger charge is 2.27. The van der Waals surface area contributed by atoms with Crippen molar-refractivity contribution >= 4 is 34.8 Å². The van der Waals surface area contributed by atoms with E-state index in [9.17, 15) is 4.79 Å². The van der Waals surface area contributed by atoms with Gasteiger partial charge < -0.3 is 19.7 Å². The van der Waals surface area contributed by atoms with Crippen LogP contribution in [0.3, 0.4) is 0 Å². The van der Waals surface area contributed by atoms with Crippen LogP contribution in [0.5, 0.6) is 5.75 Å². The van der Waals surface area contributed by atoms with E-state index in [0.717, 1.165) is 102 Å². The topological polar surface area (TPSA) is 105 Å². The van der Waals surface area contributed by atoms with Gasteiger partial charge in [-0.2, -0.15) is 5.10 Å². The van der Waals surface area contributed by atoms with Crippen LogP contribution >= 0.6 is 0 Å². The van der Waals surface area contributed by atoms with Gasteiger partial charge in [-0.15, -0.1) is 0 Å². The number of rotatable bonds is 15. The molecule has 0 aliphatic carbocycles. The van der Waals surface area contributed by atoms with Crippen molar-refractivity contribution in [3.05, 3.63) is 83.3 Å². The van der Waals surface area contributed by atoms with Crippen molar-refractivity contribution in [1.29, 1.82) is 0 Å². The number of ether oxygens (including phenoxy) is 2. The first-order chi connectivity index (χ1) is 24.0. The first kappa shape index (κ1) is 38.1. The molecule has 0 saturated carbocycles. The molecule has 2 aromatic heterocycles. The number of unbranched alkanes of at least 4 members (excludes halogenated alkanes) is 2. The van der Waals surface area contributed by atoms with Crippen molar-refractivity contribution in [1.82, 2.24) is 24.9 Å². The minimum Gasteiger partial charge on any atom is -0.457 e. The molecule has 1 atom stereocenters. The van der Waals surface area contributed by atoms with Crippen molar-refractivity contribution in [3.8, 4) is 5.75 Å². The summed E-state index contributed by atoms with van der Waals surface area (Å²) in [5, 5.41) is 9.60. The Balaban J connectivity index is 1.44. The van der Waals surface area contributed by atoms with Gasteiger partial charge in [0.2, 0.25) is 0 Å². The predicted octanol–water partition coefficient (Wildman–Crippen LogP) is 9.92. The van der Waals surface area contributed by atoms with Crippen molar-refractivity contribution < 1.29 is 14.3 Å². The van der Waals surface area contributed by atoms with Gasteiger partial charge in [0.05, 0.1) is 11.2 Å². The molecule has 0 fully saturated rings. The largest absolute Gasteiger partial charge is 0.457 e. The number of hydrogen-bond donors (Lipinski definition) is 1. The van der Waals surface area contributed by atoms with Crippen LogP contribution < -0.4 is 10.1 Å². The highest BCUT2D eigenvalue weighted by atomic mass is 16.6. The van der Waals surface area contributed by atoms with Gasteiger partial charge in [0.25, 0.3) is 0 Å². The molecule has 1 aliphatic heterocycles. The number of carbonyl (C=O) groups is 1. The lowest BCUT2D eigenvalue weighted by Gasteiger charge is -2.33. The molecule has 1 aromatic carbocycles. The monoisotopic (exact) mass is 681 g/mol. The molecule has 0 saturated heterocycles. The molecule has 1 unspecified atom stereocenters. The second-order valence-electron chi connectivity index (χ2n) is 13.7. The van der Waals surface area contributed by atoms with Crippen LogP contribution in [0.1, 0.15) is 104 Å². The maximum Gasteiger partial charge on any atom is 0.410 e. The standard InChI is InChI=1S/C40H55N7O3/c1-10-14-15-22-46(39(48)50-40(7,8)9)32(11-2)18-16-17-30-25-35-37(44-29(30)6)38(42-27-41-35)45-31-19-20-36(28(5)24-31)49-34-21-23-47(43-13-4)33(12-3)26-34/h12-13,19-21,23-27,32H,10-11,14-18,22H2,1-9H3,(H,41,42,45)/b33-12+,43-13-. The number of hydrazone groups is 1. The third-order valence-electron chi connectivity index (χ3n) is 8.57. The van der Waals surface area contributed by atoms with Crippen molar-refractivity contribution in [3.63, 3.8) is 0 Å². The molecule has 0 bridgehead atoms. The molecular formula is C40H55N7O3. The summed E-state index contributed by atoms with van der Waals surface area (Å²) >= 11 is 0. The normalized spacial score (nSPS) is 14.7. The van der Waals surface area contributed by atoms with E-state index in [-0.39, 0.29) is 12.1 Å². The number of nitrogens with one attached hydrogen (secondary N) is 1. The Morgan fingerprint density at radius 2 is 1.90 bits per heavy atom. The van der Waals surface area contributed by atoms with Gasteiger partial charge in [0.1, 0.15) is 29.0 Å². The zero-order valence-electron chi connectivity index (χ0n) is 31.4. The molecule has 3 heterocycles. The average Bonchev–Trinajstić information content (AvgIpc) is 3.07. The fourth-order valence-corrected chi connectivity index (χ4v) is 5.95. The van der Waals surface area contributed by atoms with Crippen LogP contribution in [0.25, 0.3) is 11.0 Å². The van der Waals surface area contributed by atoms with Crippen LogP contribution in [0.4, 0.5) is 16.3 Å². The lowest BCUT2D eigenvalue weighted by atomic mass is 10.0. The molecule has 3 aromatic rings. The van der Waals surface area contributed by atoms with E-state index >= 15 is 0 Å². The minimum atomic E-state index is -0.520. The Kier molecular flexibility index (Phi) is 13.5. The average molecular weight is 682 g/mol. The Labute approximate surface area is 298 Å². The van der Waals surface area contributed by atoms with Gasteiger partial charge >= 0.3 is 6.09 Å². The molecule has 10 nitrogen and oxygen atoms in total. The van der Waals surface area contributed by atoms with E-state index in [1.807, 2.05) is 96.0 Å². The van der Waals surface area contributed by atoms with E-state index in [4.69, 9.17) is 14.5 Å². The zero-order valence-corrected chi connectivity index (χ0v) is 31.4. The van der Waals surface area contributed by atoms with E-state index < -0.39 is 5.60 Å². The summed E-state index contributed by atoms with van der Waals surface area (Å²) in [7, 11) is 0. The fourth-order valence-electron chi connectivity index (χ4n) is 5.95. The first-order valence-corrected chi connectivity index (χ1v) is 18.0. The molecule has 1 aliphatic rings. The summed E-state index contributed by atoms with van der Waals surface area (Å²) < 4.78 is 12.0. The van der Waals surface area contributed by atoms with E-state index in [0.29, 0.717) is 5.82 Å². The zero-order chi connectivity index (χ0) is 36.3. The van der Waals surface area contributed by atoms with Crippen LogP contribution in [0.2, 0.25) is 0 Å². The second kappa shape index (κ2) is 17.8.